The maximum atomic E-state index is 12.9. The molecule has 0 rings (SSSR count). The molecule has 0 aliphatic carbocycles. The number of rotatable bonds is 57. The molecule has 1 unspecified atom stereocenters. The zero-order valence-electron chi connectivity index (χ0n) is 52.0. The normalized spacial score (nSPS) is 13.3. The van der Waals surface area contributed by atoms with Crippen LogP contribution in [0.3, 0.4) is 0 Å². The first kappa shape index (κ1) is 75.8. The van der Waals surface area contributed by atoms with Crippen LogP contribution in [0, 0.1) is 0 Å². The van der Waals surface area contributed by atoms with Crippen molar-refractivity contribution in [1.82, 2.24) is 0 Å². The smallest absolute Gasteiger partial charge is 0.306 e. The summed E-state index contributed by atoms with van der Waals surface area (Å²) in [6.45, 7) is 6.30. The highest BCUT2D eigenvalue weighted by Gasteiger charge is 2.19. The van der Waals surface area contributed by atoms with Crippen molar-refractivity contribution in [1.29, 1.82) is 0 Å². The van der Waals surface area contributed by atoms with Gasteiger partial charge in [-0.15, -0.1) is 0 Å². The first-order valence-electron chi connectivity index (χ1n) is 32.6. The predicted octanol–water partition coefficient (Wildman–Crippen LogP) is 22.7. The van der Waals surface area contributed by atoms with Gasteiger partial charge in [0.25, 0.3) is 0 Å². The Hall–Kier alpha value is -5.23. The molecule has 0 aliphatic rings. The molecule has 0 aromatic rings. The fourth-order valence-electron chi connectivity index (χ4n) is 8.38. The molecule has 6 nitrogen and oxygen atoms in total. The molecule has 0 saturated heterocycles. The zero-order valence-corrected chi connectivity index (χ0v) is 52.0. The molecule has 0 radical (unpaired) electrons. The third-order valence-electron chi connectivity index (χ3n) is 13.2. The van der Waals surface area contributed by atoms with Gasteiger partial charge in [-0.25, -0.2) is 0 Å². The van der Waals surface area contributed by atoms with Crippen molar-refractivity contribution in [3.05, 3.63) is 170 Å². The molecular weight excluding hydrogens is 997 g/mol. The van der Waals surface area contributed by atoms with Crippen LogP contribution >= 0.6 is 0 Å². The minimum atomic E-state index is -0.824. The van der Waals surface area contributed by atoms with Gasteiger partial charge in [-0.1, -0.05) is 274 Å². The first-order chi connectivity index (χ1) is 40.0. The van der Waals surface area contributed by atoms with E-state index in [-0.39, 0.29) is 37.5 Å². The topological polar surface area (TPSA) is 78.9 Å². The van der Waals surface area contributed by atoms with Crippen molar-refractivity contribution in [3.8, 4) is 0 Å². The van der Waals surface area contributed by atoms with Crippen molar-refractivity contribution < 1.29 is 28.6 Å². The molecule has 0 aliphatic heterocycles. The summed E-state index contributed by atoms with van der Waals surface area (Å²) >= 11 is 0. The lowest BCUT2D eigenvalue weighted by molar-refractivity contribution is -0.166. The van der Waals surface area contributed by atoms with E-state index in [0.717, 1.165) is 135 Å². The molecule has 0 amide bonds. The van der Waals surface area contributed by atoms with Gasteiger partial charge in [-0.05, 0) is 141 Å². The van der Waals surface area contributed by atoms with E-state index in [1.165, 1.54) is 83.5 Å². The highest BCUT2D eigenvalue weighted by atomic mass is 16.6. The van der Waals surface area contributed by atoms with Crippen LogP contribution < -0.4 is 0 Å². The average molecular weight is 1120 g/mol. The second kappa shape index (κ2) is 67.3. The van der Waals surface area contributed by atoms with E-state index < -0.39 is 6.10 Å². The fourth-order valence-corrected chi connectivity index (χ4v) is 8.38. The number of hydrogen-bond acceptors (Lipinski definition) is 6. The second-order valence-corrected chi connectivity index (χ2v) is 20.9. The lowest BCUT2D eigenvalue weighted by Gasteiger charge is -2.18. The molecule has 0 heterocycles. The van der Waals surface area contributed by atoms with Gasteiger partial charge in [-0.2, -0.15) is 0 Å². The molecule has 81 heavy (non-hydrogen) atoms. The first-order valence-corrected chi connectivity index (χ1v) is 32.6. The molecule has 1 atom stereocenters. The molecule has 0 aromatic heterocycles. The molecule has 0 aromatic carbocycles. The zero-order chi connectivity index (χ0) is 58.5. The minimum Gasteiger partial charge on any atom is -0.462 e. The Morgan fingerprint density at radius 1 is 0.259 bits per heavy atom. The Balaban J connectivity index is 4.35. The lowest BCUT2D eigenvalue weighted by atomic mass is 10.1. The third kappa shape index (κ3) is 65.5. The number of allylic oxidation sites excluding steroid dienone is 28. The summed E-state index contributed by atoms with van der Waals surface area (Å²) in [5.74, 6) is -1.02. The summed E-state index contributed by atoms with van der Waals surface area (Å²) in [6.07, 6.45) is 99.5. The summed E-state index contributed by atoms with van der Waals surface area (Å²) in [4.78, 5) is 38.2. The van der Waals surface area contributed by atoms with Crippen LogP contribution in [0.2, 0.25) is 0 Å². The van der Waals surface area contributed by atoms with Crippen LogP contribution in [-0.4, -0.2) is 37.2 Å². The number of esters is 3. The quantitative estimate of drug-likeness (QED) is 0.0261. The van der Waals surface area contributed by atoms with Crippen LogP contribution in [0.4, 0.5) is 0 Å². The SMILES string of the molecule is CC/C=C\C/C=C\C/C=C\C/C=C\C/C=C\C/C=C\C/C=C\C/C=C\CCCCCCCCCCC(=O)OCC(COC(=O)CC/C=C\C/C=C\C/C=C\C/C=C\CC)OC(=O)CCCCCCCCC/C=C\C/C=C\CCCCC. The van der Waals surface area contributed by atoms with Gasteiger partial charge in [0.2, 0.25) is 0 Å². The maximum absolute atomic E-state index is 12.9. The maximum Gasteiger partial charge on any atom is 0.306 e. The van der Waals surface area contributed by atoms with Crippen molar-refractivity contribution in [2.75, 3.05) is 13.2 Å². The van der Waals surface area contributed by atoms with Gasteiger partial charge < -0.3 is 14.2 Å². The molecule has 0 bridgehead atoms. The highest BCUT2D eigenvalue weighted by molar-refractivity contribution is 5.71. The van der Waals surface area contributed by atoms with Crippen LogP contribution in [0.5, 0.6) is 0 Å². The summed E-state index contributed by atoms with van der Waals surface area (Å²) in [7, 11) is 0. The monoisotopic (exact) mass is 1110 g/mol. The summed E-state index contributed by atoms with van der Waals surface area (Å²) in [5.41, 5.74) is 0. The average Bonchev–Trinajstić information content (AvgIpc) is 3.46. The van der Waals surface area contributed by atoms with E-state index in [2.05, 4.69) is 179 Å². The van der Waals surface area contributed by atoms with Gasteiger partial charge in [0.15, 0.2) is 6.10 Å². The van der Waals surface area contributed by atoms with Crippen LogP contribution in [0.15, 0.2) is 170 Å². The standard InChI is InChI=1S/C75H118O6/c1-4-7-10-13-16-19-22-25-27-29-30-31-32-33-34-35-36-37-38-39-40-41-42-43-44-46-47-50-53-56-59-62-65-68-74(77)80-71-72(70-79-73(76)67-64-61-58-55-52-49-24-21-18-15-12-9-6-3)81-75(78)69-66-63-60-57-54-51-48-45-28-26-23-20-17-14-11-8-5-2/h7,9-10,12,16-21,25-28,30-31,33-34,36-37,39-40,42-43,49,52,58,61,72H,4-6,8,11,13-15,22-24,29,32,35,38,41,44-48,50-51,53-57,59-60,62-71H2,1-3H3/b10-7-,12-9-,19-16-,20-17-,21-18-,27-25-,28-26-,31-30-,34-33-,37-36-,40-39-,43-42-,52-49-,61-58-. The van der Waals surface area contributed by atoms with E-state index in [4.69, 9.17) is 14.2 Å². The van der Waals surface area contributed by atoms with Gasteiger partial charge in [-0.3, -0.25) is 14.4 Å². The Morgan fingerprint density at radius 2 is 0.506 bits per heavy atom. The van der Waals surface area contributed by atoms with Gasteiger partial charge in [0.1, 0.15) is 13.2 Å². The van der Waals surface area contributed by atoms with Crippen LogP contribution in [-0.2, 0) is 28.6 Å². The van der Waals surface area contributed by atoms with Crippen LogP contribution in [0.25, 0.3) is 0 Å². The van der Waals surface area contributed by atoms with E-state index in [1.807, 2.05) is 12.2 Å². The molecule has 0 spiro atoms. The number of hydrogen-bond donors (Lipinski definition) is 0. The number of carbonyl (C=O) groups is 3. The summed E-state index contributed by atoms with van der Waals surface area (Å²) < 4.78 is 16.8. The molecule has 0 saturated carbocycles. The van der Waals surface area contributed by atoms with E-state index in [9.17, 15) is 14.4 Å². The number of unbranched alkanes of at least 4 members (excludes halogenated alkanes) is 18. The van der Waals surface area contributed by atoms with Crippen molar-refractivity contribution in [2.45, 2.75) is 271 Å². The summed E-state index contributed by atoms with van der Waals surface area (Å²) in [6, 6.07) is 0. The van der Waals surface area contributed by atoms with Crippen molar-refractivity contribution in [3.63, 3.8) is 0 Å². The predicted molar refractivity (Wildman–Crippen MR) is 352 cm³/mol. The van der Waals surface area contributed by atoms with Gasteiger partial charge >= 0.3 is 17.9 Å². The highest BCUT2D eigenvalue weighted by Crippen LogP contribution is 2.14. The molecular formula is C75H118O6. The van der Waals surface area contributed by atoms with E-state index in [0.29, 0.717) is 19.3 Å². The number of ether oxygens (including phenoxy) is 3. The second-order valence-electron chi connectivity index (χ2n) is 20.9. The Morgan fingerprint density at radius 3 is 0.827 bits per heavy atom. The number of carbonyl (C=O) groups excluding carboxylic acids is 3. The molecule has 454 valence electrons. The Labute approximate surface area is 498 Å². The van der Waals surface area contributed by atoms with Gasteiger partial charge in [0.05, 0.1) is 0 Å². The fraction of sp³-hybridized carbons (Fsp3) is 0.587. The third-order valence-corrected chi connectivity index (χ3v) is 13.2. The Bertz CT molecular complexity index is 1860. The molecule has 0 fully saturated rings. The van der Waals surface area contributed by atoms with Gasteiger partial charge in [0, 0.05) is 19.3 Å². The van der Waals surface area contributed by atoms with Crippen molar-refractivity contribution in [2.24, 2.45) is 0 Å². The van der Waals surface area contributed by atoms with E-state index >= 15 is 0 Å². The minimum absolute atomic E-state index is 0.114. The lowest BCUT2D eigenvalue weighted by Crippen LogP contribution is -2.30. The molecule has 0 N–H and O–H groups in total. The van der Waals surface area contributed by atoms with Crippen molar-refractivity contribution >= 4 is 17.9 Å². The van der Waals surface area contributed by atoms with E-state index in [1.54, 1.807) is 0 Å². The molecule has 6 heteroatoms. The van der Waals surface area contributed by atoms with Crippen LogP contribution in [0.1, 0.15) is 265 Å². The summed E-state index contributed by atoms with van der Waals surface area (Å²) in [5, 5.41) is 0. The largest absolute Gasteiger partial charge is 0.462 e. The Kier molecular flexibility index (Phi) is 62.9.